The molecule has 2 atom stereocenters. The van der Waals surface area contributed by atoms with Crippen LogP contribution >= 0.6 is 0 Å². The molecule has 3 heterocycles. The predicted molar refractivity (Wildman–Crippen MR) is 112 cm³/mol. The minimum absolute atomic E-state index is 0.142. The molecule has 0 unspecified atom stereocenters. The topological polar surface area (TPSA) is 58.6 Å². The van der Waals surface area contributed by atoms with E-state index in [0.29, 0.717) is 12.0 Å². The first kappa shape index (κ1) is 19.3. The molecule has 0 N–H and O–H groups in total. The van der Waals surface area contributed by atoms with Crippen molar-refractivity contribution in [3.8, 4) is 0 Å². The zero-order valence-corrected chi connectivity index (χ0v) is 18.0. The number of fused-ring (bicyclic) bond motifs is 2. The third-order valence-corrected chi connectivity index (χ3v) is 7.64. The third-order valence-electron chi connectivity index (χ3n) is 7.64. The maximum Gasteiger partial charge on any atom is 0.248 e. The van der Waals surface area contributed by atoms with Crippen molar-refractivity contribution < 1.29 is 9.53 Å². The Balaban J connectivity index is 1.25. The minimum Gasteiger partial charge on any atom is -0.368 e. The number of aromatic nitrogens is 2. The van der Waals surface area contributed by atoms with Gasteiger partial charge in [0.05, 0.1) is 6.10 Å². The van der Waals surface area contributed by atoms with Crippen molar-refractivity contribution in [2.45, 2.75) is 71.3 Å². The molecule has 29 heavy (non-hydrogen) atoms. The number of hydrogen-bond donors (Lipinski definition) is 0. The van der Waals surface area contributed by atoms with Crippen LogP contribution in [0.4, 0.5) is 5.82 Å². The number of carbonyl (C=O) groups is 1. The van der Waals surface area contributed by atoms with Gasteiger partial charge in [-0.3, -0.25) is 4.79 Å². The van der Waals surface area contributed by atoms with E-state index in [0.717, 1.165) is 57.7 Å². The smallest absolute Gasteiger partial charge is 0.248 e. The lowest BCUT2D eigenvalue weighted by molar-refractivity contribution is -0.137. The molecule has 0 radical (unpaired) electrons. The lowest BCUT2D eigenvalue weighted by Crippen LogP contribution is -2.38. The van der Waals surface area contributed by atoms with Gasteiger partial charge < -0.3 is 14.5 Å². The Labute approximate surface area is 174 Å². The predicted octanol–water partition coefficient (Wildman–Crippen LogP) is 2.91. The zero-order chi connectivity index (χ0) is 20.0. The standard InChI is InChI=1S/C23H34N4O2/c1-16-24-20-10-6-5-9-19(20)22(25-16)27-12-17-11-26(14-23(17,2)15-27)21(28)13-29-18-7-3-4-8-18/h17-18H,3-15H2,1-2H3/t17-,23+/m1/s1. The second-order valence-corrected chi connectivity index (χ2v) is 9.95. The number of hydrogen-bond acceptors (Lipinski definition) is 5. The summed E-state index contributed by atoms with van der Waals surface area (Å²) < 4.78 is 5.88. The summed E-state index contributed by atoms with van der Waals surface area (Å²) in [6.07, 6.45) is 9.69. The van der Waals surface area contributed by atoms with Crippen molar-refractivity contribution in [3.63, 3.8) is 0 Å². The molecule has 6 nitrogen and oxygen atoms in total. The number of ether oxygens (including phenoxy) is 1. The van der Waals surface area contributed by atoms with E-state index in [2.05, 4.69) is 16.7 Å². The molecule has 1 aromatic heterocycles. The van der Waals surface area contributed by atoms with Gasteiger partial charge in [0.1, 0.15) is 18.2 Å². The quantitative estimate of drug-likeness (QED) is 0.781. The Hall–Kier alpha value is -1.69. The third kappa shape index (κ3) is 3.65. The fourth-order valence-electron chi connectivity index (χ4n) is 5.98. The SMILES string of the molecule is Cc1nc2c(c(N3C[C@H]4CN(C(=O)COC5CCCC5)C[C@@]4(C)C3)n1)CCCC2. The van der Waals surface area contributed by atoms with Crippen molar-refractivity contribution in [3.05, 3.63) is 17.1 Å². The van der Waals surface area contributed by atoms with E-state index < -0.39 is 0 Å². The van der Waals surface area contributed by atoms with Crippen LogP contribution in [-0.4, -0.2) is 59.7 Å². The first-order valence-electron chi connectivity index (χ1n) is 11.5. The summed E-state index contributed by atoms with van der Waals surface area (Å²) in [6, 6.07) is 0. The van der Waals surface area contributed by atoms with Crippen molar-refractivity contribution in [1.29, 1.82) is 0 Å². The minimum atomic E-state index is 0.142. The molecule has 1 aromatic rings. The van der Waals surface area contributed by atoms with Crippen LogP contribution in [0.3, 0.4) is 0 Å². The van der Waals surface area contributed by atoms with Gasteiger partial charge in [0.2, 0.25) is 5.91 Å². The summed E-state index contributed by atoms with van der Waals surface area (Å²) >= 11 is 0. The van der Waals surface area contributed by atoms with Crippen LogP contribution in [0.15, 0.2) is 0 Å². The van der Waals surface area contributed by atoms with E-state index in [1.165, 1.54) is 42.8 Å². The van der Waals surface area contributed by atoms with E-state index in [-0.39, 0.29) is 17.9 Å². The maximum absolute atomic E-state index is 12.7. The van der Waals surface area contributed by atoms with Crippen LogP contribution in [0, 0.1) is 18.3 Å². The van der Waals surface area contributed by atoms with E-state index in [1.54, 1.807) is 0 Å². The van der Waals surface area contributed by atoms with Gasteiger partial charge >= 0.3 is 0 Å². The van der Waals surface area contributed by atoms with Crippen molar-refractivity contribution in [2.24, 2.45) is 11.3 Å². The summed E-state index contributed by atoms with van der Waals surface area (Å²) in [5.41, 5.74) is 2.79. The number of anilines is 1. The molecule has 0 spiro atoms. The monoisotopic (exact) mass is 398 g/mol. The van der Waals surface area contributed by atoms with Gasteiger partial charge in [-0.15, -0.1) is 0 Å². The van der Waals surface area contributed by atoms with Gasteiger partial charge in [-0.1, -0.05) is 19.8 Å². The van der Waals surface area contributed by atoms with E-state index in [9.17, 15) is 4.79 Å². The van der Waals surface area contributed by atoms with Crippen LogP contribution in [0.2, 0.25) is 0 Å². The lowest BCUT2D eigenvalue weighted by atomic mass is 9.83. The summed E-state index contributed by atoms with van der Waals surface area (Å²) in [4.78, 5) is 26.9. The fraction of sp³-hybridized carbons (Fsp3) is 0.783. The number of carbonyl (C=O) groups excluding carboxylic acids is 1. The highest BCUT2D eigenvalue weighted by Crippen LogP contribution is 2.44. The van der Waals surface area contributed by atoms with Crippen LogP contribution in [0.5, 0.6) is 0 Å². The first-order chi connectivity index (χ1) is 14.0. The van der Waals surface area contributed by atoms with Gasteiger partial charge in [-0.05, 0) is 45.4 Å². The zero-order valence-electron chi connectivity index (χ0n) is 18.0. The second kappa shape index (κ2) is 7.53. The summed E-state index contributed by atoms with van der Waals surface area (Å²) in [5.74, 6) is 2.75. The van der Waals surface area contributed by atoms with Crippen LogP contribution in [-0.2, 0) is 22.4 Å². The highest BCUT2D eigenvalue weighted by atomic mass is 16.5. The Morgan fingerprint density at radius 1 is 1.10 bits per heavy atom. The second-order valence-electron chi connectivity index (χ2n) is 9.95. The van der Waals surface area contributed by atoms with E-state index in [1.807, 2.05) is 6.92 Å². The van der Waals surface area contributed by atoms with Gasteiger partial charge in [0.15, 0.2) is 0 Å². The molecular weight excluding hydrogens is 364 g/mol. The average molecular weight is 399 g/mol. The summed E-state index contributed by atoms with van der Waals surface area (Å²) in [6.45, 7) is 8.29. The van der Waals surface area contributed by atoms with E-state index in [4.69, 9.17) is 14.7 Å². The first-order valence-corrected chi connectivity index (χ1v) is 11.5. The molecule has 158 valence electrons. The maximum atomic E-state index is 12.7. The normalized spacial score (nSPS) is 29.4. The van der Waals surface area contributed by atoms with Gasteiger partial charge in [-0.2, -0.15) is 0 Å². The molecule has 0 bridgehead atoms. The molecule has 2 aliphatic heterocycles. The Kier molecular flexibility index (Phi) is 5.01. The molecule has 0 aromatic carbocycles. The number of rotatable bonds is 4. The summed E-state index contributed by atoms with van der Waals surface area (Å²) in [7, 11) is 0. The number of amides is 1. The molecule has 2 saturated heterocycles. The van der Waals surface area contributed by atoms with Gasteiger partial charge in [0, 0.05) is 48.8 Å². The van der Waals surface area contributed by atoms with Crippen LogP contribution < -0.4 is 4.90 Å². The van der Waals surface area contributed by atoms with Crippen LogP contribution in [0.25, 0.3) is 0 Å². The molecule has 4 aliphatic rings. The fourth-order valence-corrected chi connectivity index (χ4v) is 5.98. The molecule has 5 rings (SSSR count). The molecule has 2 aliphatic carbocycles. The largest absolute Gasteiger partial charge is 0.368 e. The molecular formula is C23H34N4O2. The highest BCUT2D eigenvalue weighted by molar-refractivity contribution is 5.78. The Bertz CT molecular complexity index is 791. The Morgan fingerprint density at radius 3 is 2.69 bits per heavy atom. The molecule has 6 heteroatoms. The number of aryl methyl sites for hydroxylation is 2. The molecule has 3 fully saturated rings. The lowest BCUT2D eigenvalue weighted by Gasteiger charge is -2.29. The summed E-state index contributed by atoms with van der Waals surface area (Å²) in [5, 5.41) is 0. The molecule has 1 amide bonds. The van der Waals surface area contributed by atoms with E-state index >= 15 is 0 Å². The number of nitrogens with zero attached hydrogens (tertiary/aromatic N) is 4. The average Bonchev–Trinajstić information content (AvgIpc) is 3.39. The number of likely N-dealkylation sites (tertiary alicyclic amines) is 1. The highest BCUT2D eigenvalue weighted by Gasteiger charge is 2.51. The van der Waals surface area contributed by atoms with Crippen LogP contribution in [0.1, 0.15) is 62.5 Å². The molecule has 1 saturated carbocycles. The van der Waals surface area contributed by atoms with Crippen molar-refractivity contribution >= 4 is 11.7 Å². The van der Waals surface area contributed by atoms with Gasteiger partial charge in [-0.25, -0.2) is 9.97 Å². The van der Waals surface area contributed by atoms with Crippen molar-refractivity contribution in [2.75, 3.05) is 37.7 Å². The van der Waals surface area contributed by atoms with Gasteiger partial charge in [0.25, 0.3) is 0 Å². The van der Waals surface area contributed by atoms with Crippen molar-refractivity contribution in [1.82, 2.24) is 14.9 Å². The Morgan fingerprint density at radius 2 is 1.90 bits per heavy atom.